The molecule has 1 aromatic heterocycles. The lowest BCUT2D eigenvalue weighted by Crippen LogP contribution is -2.17. The maximum atomic E-state index is 4.46. The molecule has 0 aliphatic rings. The van der Waals surface area contributed by atoms with Crippen molar-refractivity contribution in [2.75, 3.05) is 13.1 Å². The van der Waals surface area contributed by atoms with Gasteiger partial charge in [-0.25, -0.2) is 0 Å². The fourth-order valence-corrected chi connectivity index (χ4v) is 1.87. The Morgan fingerprint density at radius 2 is 2.18 bits per heavy atom. The Labute approximate surface area is 105 Å². The topological polar surface area (TPSA) is 29.9 Å². The second-order valence-corrected chi connectivity index (χ2v) is 4.39. The molecule has 0 aromatic carbocycles. The molecule has 0 fully saturated rings. The summed E-state index contributed by atoms with van der Waals surface area (Å²) in [5.41, 5.74) is 3.90. The average Bonchev–Trinajstić information content (AvgIpc) is 2.68. The van der Waals surface area contributed by atoms with Crippen LogP contribution >= 0.6 is 0 Å². The third-order valence-electron chi connectivity index (χ3n) is 2.87. The Bertz CT molecular complexity index is 364. The van der Waals surface area contributed by atoms with E-state index in [1.54, 1.807) is 0 Å². The van der Waals surface area contributed by atoms with Crippen LogP contribution < -0.4 is 5.32 Å². The first-order chi connectivity index (χ1) is 8.21. The van der Waals surface area contributed by atoms with Crippen molar-refractivity contribution in [1.29, 1.82) is 0 Å². The molecule has 1 rings (SSSR count). The number of nitrogens with zero attached hydrogens (tertiary/aromatic N) is 2. The highest BCUT2D eigenvalue weighted by molar-refractivity contribution is 5.54. The molecule has 0 unspecified atom stereocenters. The monoisotopic (exact) mass is 235 g/mol. The lowest BCUT2D eigenvalue weighted by molar-refractivity contribution is 0.705. The predicted octanol–water partition coefficient (Wildman–Crippen LogP) is 2.78. The molecule has 1 heterocycles. The van der Waals surface area contributed by atoms with E-state index >= 15 is 0 Å². The molecular weight excluding hydrogens is 210 g/mol. The van der Waals surface area contributed by atoms with E-state index in [1.165, 1.54) is 23.3 Å². The van der Waals surface area contributed by atoms with E-state index in [9.17, 15) is 0 Å². The second kappa shape index (κ2) is 7.28. The highest BCUT2D eigenvalue weighted by Crippen LogP contribution is 2.13. The Hall–Kier alpha value is -1.09. The first-order valence-corrected chi connectivity index (χ1v) is 6.63. The molecule has 3 nitrogen and oxygen atoms in total. The van der Waals surface area contributed by atoms with Gasteiger partial charge in [-0.2, -0.15) is 5.10 Å². The molecule has 17 heavy (non-hydrogen) atoms. The van der Waals surface area contributed by atoms with Gasteiger partial charge in [0, 0.05) is 25.4 Å². The summed E-state index contributed by atoms with van der Waals surface area (Å²) in [7, 11) is 1.98. The van der Waals surface area contributed by atoms with Gasteiger partial charge in [-0.15, -0.1) is 0 Å². The summed E-state index contributed by atoms with van der Waals surface area (Å²) < 4.78 is 1.90. The van der Waals surface area contributed by atoms with Crippen LogP contribution in [0.4, 0.5) is 0 Å². The molecule has 0 spiro atoms. The van der Waals surface area contributed by atoms with E-state index in [4.69, 9.17) is 0 Å². The van der Waals surface area contributed by atoms with Crippen LogP contribution in [-0.2, 0) is 13.5 Å². The summed E-state index contributed by atoms with van der Waals surface area (Å²) in [6, 6.07) is 0. The lowest BCUT2D eigenvalue weighted by atomic mass is 10.1. The minimum atomic E-state index is 0.988. The summed E-state index contributed by atoms with van der Waals surface area (Å²) in [4.78, 5) is 0. The fraction of sp³-hybridized carbons (Fsp3) is 0.643. The molecule has 0 bridgehead atoms. The zero-order valence-electron chi connectivity index (χ0n) is 11.6. The van der Waals surface area contributed by atoms with E-state index < -0.39 is 0 Å². The number of nitrogens with one attached hydrogen (secondary N) is 1. The van der Waals surface area contributed by atoms with Crippen molar-refractivity contribution in [2.45, 2.75) is 40.0 Å². The highest BCUT2D eigenvalue weighted by atomic mass is 15.2. The molecule has 0 saturated carbocycles. The van der Waals surface area contributed by atoms with Crippen LogP contribution in [0.5, 0.6) is 0 Å². The first kappa shape index (κ1) is 14.0. The third-order valence-corrected chi connectivity index (χ3v) is 2.87. The van der Waals surface area contributed by atoms with Gasteiger partial charge >= 0.3 is 0 Å². The Balaban J connectivity index is 2.74. The largest absolute Gasteiger partial charge is 0.313 e. The first-order valence-electron chi connectivity index (χ1n) is 6.63. The van der Waals surface area contributed by atoms with E-state index in [1.807, 2.05) is 11.7 Å². The zero-order valence-corrected chi connectivity index (χ0v) is 11.6. The minimum absolute atomic E-state index is 0.988. The van der Waals surface area contributed by atoms with E-state index in [2.05, 4.69) is 43.5 Å². The maximum Gasteiger partial charge on any atom is 0.0694 e. The molecule has 1 N–H and O–H groups in total. The van der Waals surface area contributed by atoms with Gasteiger partial charge in [0.15, 0.2) is 0 Å². The van der Waals surface area contributed by atoms with Gasteiger partial charge in [0.1, 0.15) is 0 Å². The number of hydrogen-bond donors (Lipinski definition) is 1. The van der Waals surface area contributed by atoms with Gasteiger partial charge < -0.3 is 5.32 Å². The molecule has 1 aromatic rings. The molecular formula is C14H25N3. The third kappa shape index (κ3) is 4.35. The number of rotatable bonds is 7. The summed E-state index contributed by atoms with van der Waals surface area (Å²) >= 11 is 0. The average molecular weight is 235 g/mol. The van der Waals surface area contributed by atoms with Crippen molar-refractivity contribution < 1.29 is 0 Å². The van der Waals surface area contributed by atoms with Crippen molar-refractivity contribution in [3.05, 3.63) is 23.0 Å². The van der Waals surface area contributed by atoms with E-state index in [0.29, 0.717) is 0 Å². The SMILES string of the molecule is CCCNCC(=Cc1cn(C)nc1CC)CC. The van der Waals surface area contributed by atoms with Crippen molar-refractivity contribution in [1.82, 2.24) is 15.1 Å². The molecule has 0 atom stereocenters. The van der Waals surface area contributed by atoms with Gasteiger partial charge in [-0.1, -0.05) is 32.4 Å². The van der Waals surface area contributed by atoms with Gasteiger partial charge in [-0.05, 0) is 25.8 Å². The Morgan fingerprint density at radius 1 is 1.41 bits per heavy atom. The van der Waals surface area contributed by atoms with E-state index in [0.717, 1.165) is 25.9 Å². The van der Waals surface area contributed by atoms with Crippen LogP contribution in [0.2, 0.25) is 0 Å². The second-order valence-electron chi connectivity index (χ2n) is 4.39. The molecule has 0 amide bonds. The minimum Gasteiger partial charge on any atom is -0.313 e. The molecule has 0 saturated heterocycles. The van der Waals surface area contributed by atoms with Crippen LogP contribution in [0.15, 0.2) is 11.8 Å². The van der Waals surface area contributed by atoms with Crippen molar-refractivity contribution >= 4 is 6.08 Å². The standard InChI is InChI=1S/C14H25N3/c1-5-8-15-10-12(6-2)9-13-11-17(4)16-14(13)7-3/h9,11,15H,5-8,10H2,1-4H3. The molecule has 0 aliphatic carbocycles. The summed E-state index contributed by atoms with van der Waals surface area (Å²) in [5, 5.41) is 7.92. The van der Waals surface area contributed by atoms with Crippen LogP contribution in [0.3, 0.4) is 0 Å². The highest BCUT2D eigenvalue weighted by Gasteiger charge is 2.04. The number of aryl methyl sites for hydroxylation is 2. The summed E-state index contributed by atoms with van der Waals surface area (Å²) in [6.07, 6.45) is 7.66. The molecule has 0 radical (unpaired) electrons. The van der Waals surface area contributed by atoms with E-state index in [-0.39, 0.29) is 0 Å². The van der Waals surface area contributed by atoms with Crippen molar-refractivity contribution in [3.63, 3.8) is 0 Å². The number of hydrogen-bond acceptors (Lipinski definition) is 2. The number of aromatic nitrogens is 2. The van der Waals surface area contributed by atoms with Crippen LogP contribution in [0.1, 0.15) is 44.9 Å². The van der Waals surface area contributed by atoms with Gasteiger partial charge in [0.2, 0.25) is 0 Å². The van der Waals surface area contributed by atoms with Gasteiger partial charge in [0.05, 0.1) is 5.69 Å². The summed E-state index contributed by atoms with van der Waals surface area (Å²) in [5.74, 6) is 0. The van der Waals surface area contributed by atoms with Crippen LogP contribution in [-0.4, -0.2) is 22.9 Å². The quantitative estimate of drug-likeness (QED) is 0.736. The normalized spacial score (nSPS) is 12.1. The van der Waals surface area contributed by atoms with Gasteiger partial charge in [0.25, 0.3) is 0 Å². The predicted molar refractivity (Wildman–Crippen MR) is 74.0 cm³/mol. The molecule has 96 valence electrons. The molecule has 3 heteroatoms. The van der Waals surface area contributed by atoms with Gasteiger partial charge in [-0.3, -0.25) is 4.68 Å². The Morgan fingerprint density at radius 3 is 2.76 bits per heavy atom. The lowest BCUT2D eigenvalue weighted by Gasteiger charge is -2.06. The maximum absolute atomic E-state index is 4.46. The van der Waals surface area contributed by atoms with Crippen LogP contribution in [0.25, 0.3) is 6.08 Å². The Kier molecular flexibility index (Phi) is 5.98. The zero-order chi connectivity index (χ0) is 12.7. The molecule has 0 aliphatic heterocycles. The van der Waals surface area contributed by atoms with Crippen LogP contribution in [0, 0.1) is 0 Å². The smallest absolute Gasteiger partial charge is 0.0694 e. The van der Waals surface area contributed by atoms with Crippen molar-refractivity contribution in [3.8, 4) is 0 Å². The van der Waals surface area contributed by atoms with Crippen molar-refractivity contribution in [2.24, 2.45) is 7.05 Å². The fourth-order valence-electron chi connectivity index (χ4n) is 1.87. The summed E-state index contributed by atoms with van der Waals surface area (Å²) in [6.45, 7) is 8.63.